The van der Waals surface area contributed by atoms with Crippen LogP contribution in [0.2, 0.25) is 0 Å². The van der Waals surface area contributed by atoms with Gasteiger partial charge in [0.2, 0.25) is 0 Å². The Morgan fingerprint density at radius 2 is 1.18 bits per heavy atom. The van der Waals surface area contributed by atoms with E-state index in [9.17, 15) is 0 Å². The molecule has 0 unspecified atom stereocenters. The number of hydrogen-bond donors (Lipinski definition) is 0. The van der Waals surface area contributed by atoms with Crippen LogP contribution in [0.1, 0.15) is 33.4 Å². The Hall–Kier alpha value is -4.10. The molecule has 0 amide bonds. The minimum atomic E-state index is 1.01. The van der Waals surface area contributed by atoms with Crippen LogP contribution in [0.25, 0.3) is 49.7 Å². The molecule has 0 radical (unpaired) electrons. The Morgan fingerprint density at radius 1 is 0.441 bits per heavy atom. The fraction of sp³-hybridized carbons (Fsp3) is 0.0909. The van der Waals surface area contributed by atoms with Crippen LogP contribution in [0, 0.1) is 0 Å². The lowest BCUT2D eigenvalue weighted by Gasteiger charge is -2.21. The summed E-state index contributed by atoms with van der Waals surface area (Å²) in [6.45, 7) is 0. The molecule has 9 rings (SSSR count). The molecule has 0 atom stereocenters. The van der Waals surface area contributed by atoms with E-state index in [1.807, 2.05) is 0 Å². The fourth-order valence-corrected chi connectivity index (χ4v) is 7.00. The third kappa shape index (κ3) is 1.98. The summed E-state index contributed by atoms with van der Waals surface area (Å²) >= 11 is 0. The second-order valence-electron chi connectivity index (χ2n) is 10.1. The highest BCUT2D eigenvalue weighted by Crippen LogP contribution is 2.50. The second-order valence-corrected chi connectivity index (χ2v) is 10.1. The molecule has 2 aliphatic carbocycles. The van der Waals surface area contributed by atoms with Crippen molar-refractivity contribution in [3.8, 4) is 27.9 Å². The molecule has 34 heavy (non-hydrogen) atoms. The lowest BCUT2D eigenvalue weighted by molar-refractivity contribution is 1.04. The molecule has 1 aromatic heterocycles. The second kappa shape index (κ2) is 5.87. The Balaban J connectivity index is 1.44. The molecular formula is C33H21N. The van der Waals surface area contributed by atoms with Crippen molar-refractivity contribution in [1.29, 1.82) is 0 Å². The fourth-order valence-electron chi connectivity index (χ4n) is 7.00. The van der Waals surface area contributed by atoms with E-state index in [4.69, 9.17) is 0 Å². The monoisotopic (exact) mass is 431 g/mol. The van der Waals surface area contributed by atoms with Gasteiger partial charge in [-0.1, -0.05) is 78.9 Å². The topological polar surface area (TPSA) is 4.93 Å². The minimum absolute atomic E-state index is 1.01. The van der Waals surface area contributed by atoms with E-state index in [1.165, 1.54) is 83.1 Å². The zero-order valence-electron chi connectivity index (χ0n) is 18.7. The van der Waals surface area contributed by atoms with Crippen molar-refractivity contribution in [1.82, 2.24) is 4.57 Å². The van der Waals surface area contributed by atoms with Gasteiger partial charge in [-0.15, -0.1) is 0 Å². The van der Waals surface area contributed by atoms with Crippen molar-refractivity contribution in [2.45, 2.75) is 19.3 Å². The highest BCUT2D eigenvalue weighted by molar-refractivity contribution is 6.16. The summed E-state index contributed by atoms with van der Waals surface area (Å²) in [7, 11) is 0. The first kappa shape index (κ1) is 17.4. The van der Waals surface area contributed by atoms with Gasteiger partial charge in [-0.25, -0.2) is 0 Å². The SMILES string of the molecule is c1ccc2c(c1)Cc1cc3c(cc1-2)-c1c(ccc2c4cccc5c4n(c12)-c1ccccc1C5)C3. The molecule has 1 aliphatic heterocycles. The third-order valence-electron chi connectivity index (χ3n) is 8.40. The molecule has 1 nitrogen and oxygen atoms in total. The number of para-hydroxylation sites is 2. The van der Waals surface area contributed by atoms with Crippen LogP contribution in [-0.2, 0) is 19.3 Å². The van der Waals surface area contributed by atoms with E-state index in [0.717, 1.165) is 19.3 Å². The summed E-state index contributed by atoms with van der Waals surface area (Å²) < 4.78 is 2.58. The van der Waals surface area contributed by atoms with Gasteiger partial charge in [-0.2, -0.15) is 0 Å². The number of nitrogens with zero attached hydrogens (tertiary/aromatic N) is 1. The van der Waals surface area contributed by atoms with E-state index in [0.29, 0.717) is 0 Å². The smallest absolute Gasteiger partial charge is 0.0622 e. The average molecular weight is 432 g/mol. The molecule has 0 saturated carbocycles. The predicted molar refractivity (Wildman–Crippen MR) is 140 cm³/mol. The summed E-state index contributed by atoms with van der Waals surface area (Å²) in [5, 5.41) is 2.76. The van der Waals surface area contributed by atoms with E-state index >= 15 is 0 Å². The van der Waals surface area contributed by atoms with Gasteiger partial charge in [-0.3, -0.25) is 0 Å². The summed E-state index contributed by atoms with van der Waals surface area (Å²) in [6, 6.07) is 34.5. The Morgan fingerprint density at radius 3 is 2.15 bits per heavy atom. The van der Waals surface area contributed by atoms with Gasteiger partial charge < -0.3 is 4.57 Å². The Bertz CT molecular complexity index is 1880. The Kier molecular flexibility index (Phi) is 3.00. The first-order valence-electron chi connectivity index (χ1n) is 12.3. The zero-order chi connectivity index (χ0) is 22.0. The summed E-state index contributed by atoms with van der Waals surface area (Å²) in [5.41, 5.74) is 18.6. The van der Waals surface area contributed by atoms with Gasteiger partial charge in [0.25, 0.3) is 0 Å². The molecule has 0 bridgehead atoms. The lowest BCUT2D eigenvalue weighted by atomic mass is 9.96. The molecule has 5 aromatic carbocycles. The van der Waals surface area contributed by atoms with Gasteiger partial charge in [0.05, 0.1) is 11.0 Å². The molecular weight excluding hydrogens is 410 g/mol. The van der Waals surface area contributed by atoms with E-state index < -0.39 is 0 Å². The van der Waals surface area contributed by atoms with Crippen molar-refractivity contribution >= 4 is 21.8 Å². The van der Waals surface area contributed by atoms with Crippen LogP contribution in [0.15, 0.2) is 91.0 Å². The van der Waals surface area contributed by atoms with E-state index in [1.54, 1.807) is 0 Å². The van der Waals surface area contributed by atoms with Gasteiger partial charge in [-0.05, 0) is 75.0 Å². The van der Waals surface area contributed by atoms with Crippen molar-refractivity contribution < 1.29 is 0 Å². The predicted octanol–water partition coefficient (Wildman–Crippen LogP) is 7.83. The summed E-state index contributed by atoms with van der Waals surface area (Å²) in [4.78, 5) is 0. The molecule has 0 saturated heterocycles. The summed E-state index contributed by atoms with van der Waals surface area (Å²) in [5.74, 6) is 0. The average Bonchev–Trinajstić information content (AvgIpc) is 3.53. The highest BCUT2D eigenvalue weighted by atomic mass is 15.0. The molecule has 0 N–H and O–H groups in total. The van der Waals surface area contributed by atoms with E-state index in [2.05, 4.69) is 95.6 Å². The van der Waals surface area contributed by atoms with Crippen LogP contribution in [0.4, 0.5) is 0 Å². The van der Waals surface area contributed by atoms with Gasteiger partial charge in [0.15, 0.2) is 0 Å². The molecule has 0 fully saturated rings. The number of benzene rings is 5. The van der Waals surface area contributed by atoms with Crippen LogP contribution < -0.4 is 0 Å². The first-order chi connectivity index (χ1) is 16.8. The summed E-state index contributed by atoms with van der Waals surface area (Å²) in [6.07, 6.45) is 3.09. The van der Waals surface area contributed by atoms with Crippen molar-refractivity contribution in [2.24, 2.45) is 0 Å². The maximum Gasteiger partial charge on any atom is 0.0622 e. The number of hydrogen-bond acceptors (Lipinski definition) is 0. The maximum atomic E-state index is 2.58. The number of rotatable bonds is 0. The van der Waals surface area contributed by atoms with Crippen molar-refractivity contribution in [2.75, 3.05) is 0 Å². The van der Waals surface area contributed by atoms with Crippen LogP contribution in [0.5, 0.6) is 0 Å². The maximum absolute atomic E-state index is 2.58. The standard InChI is InChI=1S/C33H21N/c1-3-9-25-19(6-1)14-23-17-24-16-21-12-13-27-26-10-5-8-22-15-20-7-2-4-11-30(20)34(32(22)26)33(27)31(21)29(24)18-28(23)25/h1-13,17-18H,14-16H2. The lowest BCUT2D eigenvalue weighted by Crippen LogP contribution is -2.07. The third-order valence-corrected chi connectivity index (χ3v) is 8.40. The minimum Gasteiger partial charge on any atom is -0.308 e. The molecule has 0 spiro atoms. The quantitative estimate of drug-likeness (QED) is 0.231. The van der Waals surface area contributed by atoms with Gasteiger partial charge in [0, 0.05) is 28.4 Å². The first-order valence-corrected chi connectivity index (χ1v) is 12.3. The largest absolute Gasteiger partial charge is 0.308 e. The zero-order valence-corrected chi connectivity index (χ0v) is 18.7. The number of fused-ring (bicyclic) bond motifs is 12. The van der Waals surface area contributed by atoms with Crippen molar-refractivity contribution in [3.05, 3.63) is 124 Å². The van der Waals surface area contributed by atoms with Crippen molar-refractivity contribution in [3.63, 3.8) is 0 Å². The Labute approximate surface area is 197 Å². The molecule has 158 valence electrons. The molecule has 2 heterocycles. The molecule has 3 aliphatic rings. The molecule has 6 aromatic rings. The highest BCUT2D eigenvalue weighted by Gasteiger charge is 2.30. The van der Waals surface area contributed by atoms with Crippen LogP contribution in [-0.4, -0.2) is 4.57 Å². The van der Waals surface area contributed by atoms with Gasteiger partial charge >= 0.3 is 0 Å². The van der Waals surface area contributed by atoms with Crippen LogP contribution in [0.3, 0.4) is 0 Å². The van der Waals surface area contributed by atoms with Crippen LogP contribution >= 0.6 is 0 Å². The molecule has 1 heteroatoms. The number of aromatic nitrogens is 1. The normalized spacial score (nSPS) is 14.1. The van der Waals surface area contributed by atoms with E-state index in [-0.39, 0.29) is 0 Å². The van der Waals surface area contributed by atoms with Gasteiger partial charge in [0.1, 0.15) is 0 Å².